The second-order valence-corrected chi connectivity index (χ2v) is 8.16. The lowest BCUT2D eigenvalue weighted by Crippen LogP contribution is -2.49. The minimum Gasteiger partial charge on any atom is -0.460 e. The van der Waals surface area contributed by atoms with Gasteiger partial charge in [0.25, 0.3) is 5.88 Å². The summed E-state index contributed by atoms with van der Waals surface area (Å²) in [7, 11) is -0.870. The molecule has 2 heterocycles. The van der Waals surface area contributed by atoms with Gasteiger partial charge in [-0.05, 0) is 46.6 Å². The largest absolute Gasteiger partial charge is 0.496 e. The van der Waals surface area contributed by atoms with Gasteiger partial charge in [-0.2, -0.15) is 13.2 Å². The summed E-state index contributed by atoms with van der Waals surface area (Å²) in [5, 5.41) is 0. The fourth-order valence-corrected chi connectivity index (χ4v) is 2.95. The van der Waals surface area contributed by atoms with Gasteiger partial charge < -0.3 is 14.0 Å². The molecule has 1 saturated heterocycles. The van der Waals surface area contributed by atoms with Crippen LogP contribution < -0.4 is 10.2 Å². The maximum absolute atomic E-state index is 14.4. The van der Waals surface area contributed by atoms with E-state index in [0.717, 1.165) is 26.3 Å². The third kappa shape index (κ3) is 3.94. The molecule has 0 aromatic carbocycles. The lowest BCUT2D eigenvalue weighted by molar-refractivity contribution is -0.235. The molecule has 0 amide bonds. The second-order valence-electron chi connectivity index (χ2n) is 8.16. The fourth-order valence-electron chi connectivity index (χ4n) is 2.95. The molecule has 0 aliphatic carbocycles. The van der Waals surface area contributed by atoms with Crippen LogP contribution in [0.2, 0.25) is 0 Å². The van der Waals surface area contributed by atoms with Crippen LogP contribution in [0.15, 0.2) is 12.3 Å². The zero-order valence-corrected chi connectivity index (χ0v) is 16.7. The Bertz CT molecular complexity index is 696. The summed E-state index contributed by atoms with van der Waals surface area (Å²) in [4.78, 5) is 3.72. The molecule has 4 nitrogen and oxygen atoms in total. The molecule has 0 spiro atoms. The molecular formula is C18H26BF4NO3. The van der Waals surface area contributed by atoms with Gasteiger partial charge in [0.05, 0.1) is 11.2 Å². The first kappa shape index (κ1) is 21.9. The molecule has 152 valence electrons. The molecule has 1 fully saturated rings. The Morgan fingerprint density at radius 3 is 2.30 bits per heavy atom. The highest BCUT2D eigenvalue weighted by Crippen LogP contribution is 2.43. The average molecular weight is 391 g/mol. The zero-order chi connectivity index (χ0) is 20.8. The van der Waals surface area contributed by atoms with Crippen LogP contribution in [0.25, 0.3) is 0 Å². The number of pyridine rings is 1. The smallest absolute Gasteiger partial charge is 0.460 e. The molecule has 0 N–H and O–H groups in total. The van der Waals surface area contributed by atoms with E-state index in [1.807, 2.05) is 34.6 Å². The summed E-state index contributed by atoms with van der Waals surface area (Å²) < 4.78 is 70.0. The van der Waals surface area contributed by atoms with Crippen molar-refractivity contribution >= 4 is 12.6 Å². The molecule has 0 bridgehead atoms. The van der Waals surface area contributed by atoms with Crippen molar-refractivity contribution in [1.82, 2.24) is 4.98 Å². The van der Waals surface area contributed by atoms with Crippen LogP contribution in [0.1, 0.15) is 54.9 Å². The Hall–Kier alpha value is -1.35. The van der Waals surface area contributed by atoms with Crippen LogP contribution in [0, 0.1) is 11.7 Å². The summed E-state index contributed by atoms with van der Waals surface area (Å²) in [5.41, 5.74) is -3.54. The SMILES string of the molecule is CCC(C)C1(C)OB(c2cnc(OC(C)(C)C(F)(F)F)c(F)c2)OC1(C)C. The van der Waals surface area contributed by atoms with Crippen LogP contribution in [0.4, 0.5) is 17.6 Å². The van der Waals surface area contributed by atoms with E-state index in [1.54, 1.807) is 0 Å². The van der Waals surface area contributed by atoms with E-state index in [-0.39, 0.29) is 11.4 Å². The molecule has 1 aliphatic heterocycles. The Labute approximate surface area is 157 Å². The summed E-state index contributed by atoms with van der Waals surface area (Å²) in [6.45, 7) is 11.4. The summed E-state index contributed by atoms with van der Waals surface area (Å²) in [5.74, 6) is -1.56. The van der Waals surface area contributed by atoms with Gasteiger partial charge in [0.2, 0.25) is 0 Å². The van der Waals surface area contributed by atoms with E-state index in [2.05, 4.69) is 4.98 Å². The lowest BCUT2D eigenvalue weighted by atomic mass is 9.76. The number of hydrogen-bond acceptors (Lipinski definition) is 4. The van der Waals surface area contributed by atoms with E-state index in [0.29, 0.717) is 0 Å². The first-order valence-electron chi connectivity index (χ1n) is 8.91. The summed E-state index contributed by atoms with van der Waals surface area (Å²) >= 11 is 0. The van der Waals surface area contributed by atoms with E-state index in [4.69, 9.17) is 14.0 Å². The predicted molar refractivity (Wildman–Crippen MR) is 94.5 cm³/mol. The summed E-state index contributed by atoms with van der Waals surface area (Å²) in [6.07, 6.45) is -2.59. The van der Waals surface area contributed by atoms with Gasteiger partial charge in [-0.3, -0.25) is 0 Å². The van der Waals surface area contributed by atoms with E-state index >= 15 is 0 Å². The van der Waals surface area contributed by atoms with Crippen molar-refractivity contribution in [3.63, 3.8) is 0 Å². The average Bonchev–Trinajstić information content (AvgIpc) is 2.78. The molecular weight excluding hydrogens is 365 g/mol. The Morgan fingerprint density at radius 1 is 1.22 bits per heavy atom. The number of nitrogens with zero attached hydrogens (tertiary/aromatic N) is 1. The first-order valence-corrected chi connectivity index (χ1v) is 8.91. The molecule has 2 unspecified atom stereocenters. The molecule has 9 heteroatoms. The minimum absolute atomic E-state index is 0.172. The van der Waals surface area contributed by atoms with Crippen molar-refractivity contribution in [3.8, 4) is 5.88 Å². The highest BCUT2D eigenvalue weighted by atomic mass is 19.4. The van der Waals surface area contributed by atoms with Gasteiger partial charge in [0.1, 0.15) is 0 Å². The number of rotatable bonds is 5. The Morgan fingerprint density at radius 2 is 1.81 bits per heavy atom. The zero-order valence-electron chi connectivity index (χ0n) is 16.7. The van der Waals surface area contributed by atoms with Crippen LogP contribution in [0.5, 0.6) is 5.88 Å². The number of halogens is 4. The van der Waals surface area contributed by atoms with Gasteiger partial charge in [-0.15, -0.1) is 0 Å². The minimum atomic E-state index is -4.67. The van der Waals surface area contributed by atoms with E-state index < -0.39 is 41.8 Å². The monoisotopic (exact) mass is 391 g/mol. The number of ether oxygens (including phenoxy) is 1. The van der Waals surface area contributed by atoms with Crippen molar-refractivity contribution in [2.24, 2.45) is 5.92 Å². The second kappa shape index (κ2) is 6.92. The van der Waals surface area contributed by atoms with Crippen LogP contribution >= 0.6 is 0 Å². The fraction of sp³-hybridized carbons (Fsp3) is 0.722. The predicted octanol–water partition coefficient (Wildman–Crippen LogP) is 4.27. The molecule has 2 atom stereocenters. The van der Waals surface area contributed by atoms with Crippen LogP contribution in [0.3, 0.4) is 0 Å². The van der Waals surface area contributed by atoms with E-state index in [9.17, 15) is 17.6 Å². The highest BCUT2D eigenvalue weighted by Gasteiger charge is 2.57. The van der Waals surface area contributed by atoms with Gasteiger partial charge in [-0.1, -0.05) is 20.3 Å². The summed E-state index contributed by atoms with van der Waals surface area (Å²) in [6, 6.07) is 1.04. The van der Waals surface area contributed by atoms with Crippen molar-refractivity contribution in [1.29, 1.82) is 0 Å². The van der Waals surface area contributed by atoms with Gasteiger partial charge in [0.15, 0.2) is 11.4 Å². The number of hydrogen-bond donors (Lipinski definition) is 0. The topological polar surface area (TPSA) is 40.6 Å². The lowest BCUT2D eigenvalue weighted by Gasteiger charge is -2.41. The normalized spacial score (nSPS) is 24.2. The molecule has 1 aromatic heterocycles. The number of aromatic nitrogens is 1. The van der Waals surface area contributed by atoms with Crippen molar-refractivity contribution in [2.45, 2.75) is 77.9 Å². The number of alkyl halides is 3. The third-order valence-corrected chi connectivity index (χ3v) is 5.64. The van der Waals surface area contributed by atoms with Gasteiger partial charge in [-0.25, -0.2) is 9.37 Å². The molecule has 0 saturated carbocycles. The maximum Gasteiger partial charge on any atom is 0.496 e. The first-order chi connectivity index (χ1) is 12.1. The molecule has 1 aromatic rings. The van der Waals surface area contributed by atoms with E-state index in [1.165, 1.54) is 6.20 Å². The van der Waals surface area contributed by atoms with Crippen molar-refractivity contribution in [3.05, 3.63) is 18.1 Å². The van der Waals surface area contributed by atoms with Gasteiger partial charge in [0, 0.05) is 11.7 Å². The standard InChI is InChI=1S/C18H26BF4NO3/c1-8-11(2)17(7)15(3,4)26-19(27-17)12-9-13(20)14(24-10-12)25-16(5,6)18(21,22)23/h9-11H,8H2,1-7H3. The maximum atomic E-state index is 14.4. The van der Waals surface area contributed by atoms with Crippen LogP contribution in [-0.4, -0.2) is 35.1 Å². The molecule has 27 heavy (non-hydrogen) atoms. The Kier molecular flexibility index (Phi) is 5.62. The molecule has 1 aliphatic rings. The van der Waals surface area contributed by atoms with Crippen LogP contribution in [-0.2, 0) is 9.31 Å². The molecule has 2 rings (SSSR count). The third-order valence-electron chi connectivity index (χ3n) is 5.64. The van der Waals surface area contributed by atoms with Gasteiger partial charge >= 0.3 is 13.3 Å². The van der Waals surface area contributed by atoms with Crippen molar-refractivity contribution in [2.75, 3.05) is 0 Å². The highest BCUT2D eigenvalue weighted by molar-refractivity contribution is 6.62. The molecule has 0 radical (unpaired) electrons. The quantitative estimate of drug-likeness (QED) is 0.556. The Balaban J connectivity index is 2.26. The van der Waals surface area contributed by atoms with Crippen molar-refractivity contribution < 1.29 is 31.6 Å².